The highest BCUT2D eigenvalue weighted by molar-refractivity contribution is 7.91. The van der Waals surface area contributed by atoms with Crippen molar-refractivity contribution in [3.63, 3.8) is 0 Å². The van der Waals surface area contributed by atoms with Gasteiger partial charge in [0.25, 0.3) is 0 Å². The van der Waals surface area contributed by atoms with Gasteiger partial charge < -0.3 is 10.6 Å². The lowest BCUT2D eigenvalue weighted by atomic mass is 10.1. The molecule has 1 aliphatic rings. The van der Waals surface area contributed by atoms with E-state index in [1.165, 1.54) is 0 Å². The first kappa shape index (κ1) is 15.6. The molecule has 0 fully saturated rings. The minimum atomic E-state index is -3.44. The number of hydrogen-bond acceptors (Lipinski definition) is 5. The number of nitrogens with zero attached hydrogens (tertiary/aromatic N) is 1. The molecule has 2 aromatic carbocycles. The summed E-state index contributed by atoms with van der Waals surface area (Å²) < 4.78 is 26.5. The van der Waals surface area contributed by atoms with E-state index in [0.717, 1.165) is 21.3 Å². The van der Waals surface area contributed by atoms with Gasteiger partial charge in [-0.2, -0.15) is 0 Å². The molecule has 124 valence electrons. The van der Waals surface area contributed by atoms with Crippen molar-refractivity contribution < 1.29 is 8.42 Å². The molecule has 0 saturated heterocycles. The van der Waals surface area contributed by atoms with Crippen LogP contribution in [0, 0.1) is 0 Å². The Balaban J connectivity index is 1.77. The second-order valence-electron chi connectivity index (χ2n) is 5.96. The number of rotatable bonds is 4. The number of hydrogen-bond donors (Lipinski definition) is 1. The highest BCUT2D eigenvalue weighted by atomic mass is 32.2. The van der Waals surface area contributed by atoms with Gasteiger partial charge in [-0.05, 0) is 34.4 Å². The number of nitrogens with two attached hydrogens (primary N) is 1. The van der Waals surface area contributed by atoms with Gasteiger partial charge in [-0.3, -0.25) is 0 Å². The van der Waals surface area contributed by atoms with E-state index in [1.807, 2.05) is 41.8 Å². The fraction of sp³-hybridized carbons (Fsp3) is 0.222. The monoisotopic (exact) mass is 358 g/mol. The van der Waals surface area contributed by atoms with Gasteiger partial charge in [-0.25, -0.2) is 8.42 Å². The molecule has 0 radical (unpaired) electrons. The summed E-state index contributed by atoms with van der Waals surface area (Å²) in [5.74, 6) is 0. The van der Waals surface area contributed by atoms with Gasteiger partial charge in [0.05, 0.1) is 9.90 Å². The van der Waals surface area contributed by atoms with Gasteiger partial charge in [0.1, 0.15) is 5.25 Å². The number of anilines is 1. The van der Waals surface area contributed by atoms with E-state index >= 15 is 0 Å². The van der Waals surface area contributed by atoms with Crippen LogP contribution in [0.3, 0.4) is 0 Å². The predicted octanol–water partition coefficient (Wildman–Crippen LogP) is 3.20. The van der Waals surface area contributed by atoms with E-state index in [-0.39, 0.29) is 0 Å². The SMILES string of the molecule is NCCN1CC(S(=O)(=O)c2ccc3ccccc3c2)c2ccsc21. The van der Waals surface area contributed by atoms with Gasteiger partial charge >= 0.3 is 0 Å². The summed E-state index contributed by atoms with van der Waals surface area (Å²) in [6.07, 6.45) is 0. The molecule has 1 unspecified atom stereocenters. The molecule has 0 aliphatic carbocycles. The smallest absolute Gasteiger partial charge is 0.187 e. The van der Waals surface area contributed by atoms with Crippen LogP contribution in [0.1, 0.15) is 10.8 Å². The molecule has 0 saturated carbocycles. The fourth-order valence-electron chi connectivity index (χ4n) is 3.32. The number of thiophene rings is 1. The molecule has 24 heavy (non-hydrogen) atoms. The molecular formula is C18H18N2O2S2. The number of benzene rings is 2. The van der Waals surface area contributed by atoms with Crippen LogP contribution in [0.2, 0.25) is 0 Å². The third kappa shape index (κ3) is 2.42. The van der Waals surface area contributed by atoms with Gasteiger partial charge in [-0.1, -0.05) is 30.3 Å². The van der Waals surface area contributed by atoms with Crippen molar-refractivity contribution in [1.29, 1.82) is 0 Å². The Morgan fingerprint density at radius 1 is 1.12 bits per heavy atom. The number of sulfone groups is 1. The number of fused-ring (bicyclic) bond motifs is 2. The lowest BCUT2D eigenvalue weighted by molar-refractivity contribution is 0.583. The van der Waals surface area contributed by atoms with Crippen molar-refractivity contribution in [3.05, 3.63) is 59.5 Å². The first-order valence-corrected chi connectivity index (χ1v) is 10.3. The standard InChI is InChI=1S/C18H18N2O2S2/c19-8-9-20-12-17(16-7-10-23-18(16)20)24(21,22)15-6-5-13-3-1-2-4-14(13)11-15/h1-7,10-11,17H,8-9,12,19H2. The van der Waals surface area contributed by atoms with E-state index in [9.17, 15) is 8.42 Å². The van der Waals surface area contributed by atoms with Crippen LogP contribution in [0.15, 0.2) is 58.8 Å². The summed E-state index contributed by atoms with van der Waals surface area (Å²) in [6.45, 7) is 1.67. The lowest BCUT2D eigenvalue weighted by Gasteiger charge is -2.18. The normalized spacial score (nSPS) is 17.4. The Morgan fingerprint density at radius 3 is 2.71 bits per heavy atom. The van der Waals surface area contributed by atoms with E-state index < -0.39 is 15.1 Å². The largest absolute Gasteiger partial charge is 0.360 e. The Kier molecular flexibility index (Phi) is 3.83. The molecular weight excluding hydrogens is 340 g/mol. The van der Waals surface area contributed by atoms with Crippen LogP contribution in [0.25, 0.3) is 10.8 Å². The van der Waals surface area contributed by atoms with Crippen LogP contribution in [0.5, 0.6) is 0 Å². The summed E-state index contributed by atoms with van der Waals surface area (Å²) in [5.41, 5.74) is 6.58. The van der Waals surface area contributed by atoms with E-state index in [2.05, 4.69) is 4.90 Å². The highest BCUT2D eigenvalue weighted by Gasteiger charge is 2.39. The van der Waals surface area contributed by atoms with Crippen LogP contribution < -0.4 is 10.6 Å². The molecule has 4 nitrogen and oxygen atoms in total. The van der Waals surface area contributed by atoms with Crippen molar-refractivity contribution >= 4 is 36.9 Å². The molecule has 0 bridgehead atoms. The van der Waals surface area contributed by atoms with Gasteiger partial charge in [0.2, 0.25) is 0 Å². The van der Waals surface area contributed by atoms with Crippen molar-refractivity contribution in [2.75, 3.05) is 24.5 Å². The maximum Gasteiger partial charge on any atom is 0.187 e. The zero-order valence-corrected chi connectivity index (χ0v) is 14.7. The van der Waals surface area contributed by atoms with Crippen LogP contribution in [0.4, 0.5) is 5.00 Å². The first-order chi connectivity index (χ1) is 11.6. The second-order valence-corrected chi connectivity index (χ2v) is 8.98. The van der Waals surface area contributed by atoms with Crippen LogP contribution in [-0.2, 0) is 9.84 Å². The van der Waals surface area contributed by atoms with Gasteiger partial charge in [-0.15, -0.1) is 11.3 Å². The lowest BCUT2D eigenvalue weighted by Crippen LogP contribution is -2.29. The average Bonchev–Trinajstić information content (AvgIpc) is 3.18. The van der Waals surface area contributed by atoms with Crippen molar-refractivity contribution in [3.8, 4) is 0 Å². The van der Waals surface area contributed by atoms with Crippen LogP contribution in [-0.4, -0.2) is 28.1 Å². The Hall–Kier alpha value is -1.89. The topological polar surface area (TPSA) is 63.4 Å². The minimum Gasteiger partial charge on any atom is -0.360 e. The van der Waals surface area contributed by atoms with Gasteiger partial charge in [0, 0.05) is 25.2 Å². The molecule has 2 heterocycles. The third-order valence-electron chi connectivity index (χ3n) is 4.52. The summed E-state index contributed by atoms with van der Waals surface area (Å²) in [5, 5.41) is 4.46. The Bertz CT molecular complexity index is 995. The molecule has 1 aliphatic heterocycles. The maximum atomic E-state index is 13.2. The highest BCUT2D eigenvalue weighted by Crippen LogP contribution is 2.45. The summed E-state index contributed by atoms with van der Waals surface area (Å²) >= 11 is 1.58. The molecule has 3 aromatic rings. The van der Waals surface area contributed by atoms with E-state index in [1.54, 1.807) is 23.5 Å². The molecule has 4 rings (SSSR count). The van der Waals surface area contributed by atoms with Crippen molar-refractivity contribution in [1.82, 2.24) is 0 Å². The molecule has 0 spiro atoms. The summed E-state index contributed by atoms with van der Waals surface area (Å²) in [7, 11) is -3.44. The van der Waals surface area contributed by atoms with Crippen LogP contribution >= 0.6 is 11.3 Å². The summed E-state index contributed by atoms with van der Waals surface area (Å²) in [4.78, 5) is 2.47. The molecule has 2 N–H and O–H groups in total. The predicted molar refractivity (Wildman–Crippen MR) is 99.5 cm³/mol. The van der Waals surface area contributed by atoms with Crippen molar-refractivity contribution in [2.45, 2.75) is 10.1 Å². The Labute approximate surface area is 145 Å². The summed E-state index contributed by atoms with van der Waals surface area (Å²) in [6, 6.07) is 15.1. The molecule has 6 heteroatoms. The quantitative estimate of drug-likeness (QED) is 0.778. The maximum absolute atomic E-state index is 13.2. The second kappa shape index (κ2) is 5.88. The molecule has 1 aromatic heterocycles. The van der Waals surface area contributed by atoms with Crippen molar-refractivity contribution in [2.24, 2.45) is 5.73 Å². The third-order valence-corrected chi connectivity index (χ3v) is 7.57. The molecule has 0 amide bonds. The first-order valence-electron chi connectivity index (χ1n) is 7.86. The van der Waals surface area contributed by atoms with E-state index in [0.29, 0.717) is 24.5 Å². The zero-order chi connectivity index (χ0) is 16.7. The average molecular weight is 358 g/mol. The zero-order valence-electron chi connectivity index (χ0n) is 13.1. The van der Waals surface area contributed by atoms with Gasteiger partial charge in [0.15, 0.2) is 9.84 Å². The Morgan fingerprint density at radius 2 is 1.92 bits per heavy atom. The minimum absolute atomic E-state index is 0.387. The molecule has 1 atom stereocenters. The van der Waals surface area contributed by atoms with E-state index in [4.69, 9.17) is 5.73 Å². The fourth-order valence-corrected chi connectivity index (χ4v) is 6.17.